The summed E-state index contributed by atoms with van der Waals surface area (Å²) in [5.41, 5.74) is 0.162. The normalized spacial score (nSPS) is 19.0. The third-order valence-electron chi connectivity index (χ3n) is 4.41. The zero-order valence-electron chi connectivity index (χ0n) is 13.2. The first-order chi connectivity index (χ1) is 10.5. The van der Waals surface area contributed by atoms with E-state index in [0.717, 1.165) is 25.3 Å². The van der Waals surface area contributed by atoms with E-state index in [4.69, 9.17) is 0 Å². The topological polar surface area (TPSA) is 65.1 Å². The maximum atomic E-state index is 12.2. The molecular formula is C15H21N5O2. The number of hydrogen-bond donors (Lipinski definition) is 0. The van der Waals surface area contributed by atoms with E-state index in [2.05, 4.69) is 14.5 Å². The predicted molar refractivity (Wildman–Crippen MR) is 82.8 cm³/mol. The molecule has 0 saturated carbocycles. The minimum absolute atomic E-state index is 0.205. The van der Waals surface area contributed by atoms with E-state index in [9.17, 15) is 9.59 Å². The molecule has 0 aromatic carbocycles. The number of nitrogens with zero attached hydrogens (tertiary/aromatic N) is 5. The summed E-state index contributed by atoms with van der Waals surface area (Å²) in [6, 6.07) is 0. The third kappa shape index (κ3) is 2.52. The van der Waals surface area contributed by atoms with Gasteiger partial charge in [0.1, 0.15) is 5.82 Å². The van der Waals surface area contributed by atoms with Crippen molar-refractivity contribution in [3.63, 3.8) is 0 Å². The van der Waals surface area contributed by atoms with Crippen LogP contribution in [0.4, 0.5) is 0 Å². The van der Waals surface area contributed by atoms with E-state index in [-0.39, 0.29) is 11.2 Å². The standard InChI is InChI=1S/C15H21N5O2/c1-17-7-5-16-13(17)11-4-6-20(9-11)10-12-8-18(2)15(22)19(3)14(12)21/h5,7-8,11H,4,6,9-10H2,1-3H3. The average molecular weight is 303 g/mol. The zero-order valence-corrected chi connectivity index (χ0v) is 13.2. The monoisotopic (exact) mass is 303 g/mol. The summed E-state index contributed by atoms with van der Waals surface area (Å²) in [5.74, 6) is 1.49. The van der Waals surface area contributed by atoms with Crippen molar-refractivity contribution in [2.24, 2.45) is 21.1 Å². The highest BCUT2D eigenvalue weighted by atomic mass is 16.2. The van der Waals surface area contributed by atoms with Crippen LogP contribution in [0.3, 0.4) is 0 Å². The van der Waals surface area contributed by atoms with Gasteiger partial charge in [-0.05, 0) is 13.0 Å². The van der Waals surface area contributed by atoms with Gasteiger partial charge in [-0.15, -0.1) is 0 Å². The molecule has 3 rings (SSSR count). The van der Waals surface area contributed by atoms with Crippen molar-refractivity contribution >= 4 is 0 Å². The van der Waals surface area contributed by atoms with Gasteiger partial charge in [0.2, 0.25) is 0 Å². The van der Waals surface area contributed by atoms with E-state index >= 15 is 0 Å². The zero-order chi connectivity index (χ0) is 15.9. The Morgan fingerprint density at radius 3 is 2.68 bits per heavy atom. The van der Waals surface area contributed by atoms with Crippen LogP contribution in [-0.4, -0.2) is 36.7 Å². The molecule has 0 aliphatic carbocycles. The Bertz CT molecular complexity index is 801. The Labute approximate surface area is 128 Å². The summed E-state index contributed by atoms with van der Waals surface area (Å²) in [5, 5.41) is 0. The summed E-state index contributed by atoms with van der Waals surface area (Å²) in [6.45, 7) is 2.39. The molecule has 1 atom stereocenters. The van der Waals surface area contributed by atoms with Crippen molar-refractivity contribution in [2.75, 3.05) is 13.1 Å². The Hall–Kier alpha value is -2.15. The first kappa shape index (κ1) is 14.8. The van der Waals surface area contributed by atoms with Gasteiger partial charge < -0.3 is 9.13 Å². The van der Waals surface area contributed by atoms with Crippen molar-refractivity contribution < 1.29 is 0 Å². The SMILES string of the molecule is Cn1ccnc1C1CCN(Cc2cn(C)c(=O)n(C)c2=O)C1. The first-order valence-electron chi connectivity index (χ1n) is 7.42. The highest BCUT2D eigenvalue weighted by molar-refractivity contribution is 5.08. The Morgan fingerprint density at radius 2 is 2.00 bits per heavy atom. The van der Waals surface area contributed by atoms with Crippen LogP contribution in [0.2, 0.25) is 0 Å². The quantitative estimate of drug-likeness (QED) is 0.788. The van der Waals surface area contributed by atoms with E-state index < -0.39 is 0 Å². The lowest BCUT2D eigenvalue weighted by Crippen LogP contribution is -2.39. The molecule has 0 radical (unpaired) electrons. The number of rotatable bonds is 3. The van der Waals surface area contributed by atoms with Gasteiger partial charge in [-0.1, -0.05) is 0 Å². The maximum Gasteiger partial charge on any atom is 0.330 e. The second-order valence-electron chi connectivity index (χ2n) is 6.03. The fourth-order valence-corrected chi connectivity index (χ4v) is 3.19. The van der Waals surface area contributed by atoms with Crippen molar-refractivity contribution in [2.45, 2.75) is 18.9 Å². The predicted octanol–water partition coefficient (Wildman–Crippen LogP) is -0.193. The van der Waals surface area contributed by atoms with Gasteiger partial charge in [-0.25, -0.2) is 9.78 Å². The largest absolute Gasteiger partial charge is 0.338 e. The molecule has 118 valence electrons. The Balaban J connectivity index is 1.77. The molecule has 0 bridgehead atoms. The van der Waals surface area contributed by atoms with Crippen LogP contribution in [0.5, 0.6) is 0 Å². The molecule has 7 nitrogen and oxygen atoms in total. The van der Waals surface area contributed by atoms with E-state index in [1.165, 1.54) is 16.2 Å². The molecule has 2 aromatic heterocycles. The summed E-state index contributed by atoms with van der Waals surface area (Å²) < 4.78 is 4.68. The lowest BCUT2D eigenvalue weighted by atomic mass is 10.1. The van der Waals surface area contributed by atoms with Crippen LogP contribution in [0.25, 0.3) is 0 Å². The van der Waals surface area contributed by atoms with Crippen LogP contribution < -0.4 is 11.2 Å². The Morgan fingerprint density at radius 1 is 1.23 bits per heavy atom. The minimum Gasteiger partial charge on any atom is -0.338 e. The molecular weight excluding hydrogens is 282 g/mol. The minimum atomic E-state index is -0.291. The number of aromatic nitrogens is 4. The van der Waals surface area contributed by atoms with E-state index in [1.54, 1.807) is 13.2 Å². The Kier molecular flexibility index (Phi) is 3.74. The summed E-state index contributed by atoms with van der Waals surface area (Å²) in [7, 11) is 5.20. The van der Waals surface area contributed by atoms with Crippen molar-refractivity contribution in [3.05, 3.63) is 50.8 Å². The van der Waals surface area contributed by atoms with Gasteiger partial charge >= 0.3 is 5.69 Å². The highest BCUT2D eigenvalue weighted by Gasteiger charge is 2.27. The van der Waals surface area contributed by atoms with Crippen LogP contribution in [0.15, 0.2) is 28.2 Å². The highest BCUT2D eigenvalue weighted by Crippen LogP contribution is 2.26. The smallest absolute Gasteiger partial charge is 0.330 e. The van der Waals surface area contributed by atoms with E-state index in [1.807, 2.05) is 19.4 Å². The molecule has 0 N–H and O–H groups in total. The van der Waals surface area contributed by atoms with Gasteiger partial charge in [0, 0.05) is 64.3 Å². The van der Waals surface area contributed by atoms with Crippen LogP contribution >= 0.6 is 0 Å². The molecule has 1 unspecified atom stereocenters. The molecule has 1 fully saturated rings. The van der Waals surface area contributed by atoms with Crippen LogP contribution in [0, 0.1) is 0 Å². The number of imidazole rings is 1. The van der Waals surface area contributed by atoms with Crippen LogP contribution in [0.1, 0.15) is 23.7 Å². The molecule has 3 heterocycles. The first-order valence-corrected chi connectivity index (χ1v) is 7.42. The lowest BCUT2D eigenvalue weighted by molar-refractivity contribution is 0.321. The molecule has 0 amide bonds. The van der Waals surface area contributed by atoms with Crippen molar-refractivity contribution in [1.29, 1.82) is 0 Å². The van der Waals surface area contributed by atoms with Gasteiger partial charge in [0.15, 0.2) is 0 Å². The number of likely N-dealkylation sites (tertiary alicyclic amines) is 1. The molecule has 1 aliphatic rings. The third-order valence-corrected chi connectivity index (χ3v) is 4.41. The van der Waals surface area contributed by atoms with Gasteiger partial charge in [-0.3, -0.25) is 14.3 Å². The van der Waals surface area contributed by atoms with Gasteiger partial charge in [0.25, 0.3) is 5.56 Å². The fraction of sp³-hybridized carbons (Fsp3) is 0.533. The summed E-state index contributed by atoms with van der Waals surface area (Å²) in [6.07, 6.45) is 6.47. The fourth-order valence-electron chi connectivity index (χ4n) is 3.19. The second-order valence-corrected chi connectivity index (χ2v) is 6.03. The molecule has 0 spiro atoms. The molecule has 1 saturated heterocycles. The maximum absolute atomic E-state index is 12.2. The summed E-state index contributed by atoms with van der Waals surface area (Å²) in [4.78, 5) is 30.6. The van der Waals surface area contributed by atoms with Crippen molar-refractivity contribution in [1.82, 2.24) is 23.6 Å². The van der Waals surface area contributed by atoms with E-state index in [0.29, 0.717) is 18.0 Å². The average Bonchev–Trinajstić information content (AvgIpc) is 3.11. The second kappa shape index (κ2) is 5.57. The summed E-state index contributed by atoms with van der Waals surface area (Å²) >= 11 is 0. The van der Waals surface area contributed by atoms with Crippen molar-refractivity contribution in [3.8, 4) is 0 Å². The molecule has 22 heavy (non-hydrogen) atoms. The van der Waals surface area contributed by atoms with Gasteiger partial charge in [0.05, 0.1) is 0 Å². The molecule has 1 aliphatic heterocycles. The van der Waals surface area contributed by atoms with Gasteiger partial charge in [-0.2, -0.15) is 0 Å². The number of hydrogen-bond acceptors (Lipinski definition) is 4. The van der Waals surface area contributed by atoms with Crippen LogP contribution in [-0.2, 0) is 27.7 Å². The molecule has 2 aromatic rings. The lowest BCUT2D eigenvalue weighted by Gasteiger charge is -2.16. The number of aryl methyl sites for hydroxylation is 2. The molecule has 7 heteroatoms.